The molecule has 1 aliphatic heterocycles. The molecule has 5 heteroatoms. The smallest absolute Gasteiger partial charge is 0.224 e. The highest BCUT2D eigenvalue weighted by atomic mass is 16.5. The number of fused-ring (bicyclic) bond motifs is 1. The van der Waals surface area contributed by atoms with Crippen LogP contribution in [-0.4, -0.2) is 25.0 Å². The largest absolute Gasteiger partial charge is 0.382 e. The van der Waals surface area contributed by atoms with Crippen molar-refractivity contribution in [2.75, 3.05) is 18.5 Å². The van der Waals surface area contributed by atoms with Gasteiger partial charge in [0.05, 0.1) is 6.04 Å². The lowest BCUT2D eigenvalue weighted by Gasteiger charge is -2.20. The molecule has 0 aromatic heterocycles. The number of hydrogen-bond donors (Lipinski definition) is 2. The van der Waals surface area contributed by atoms with Gasteiger partial charge in [0.15, 0.2) is 0 Å². The molecule has 0 spiro atoms. The van der Waals surface area contributed by atoms with Crippen LogP contribution in [0.25, 0.3) is 0 Å². The summed E-state index contributed by atoms with van der Waals surface area (Å²) in [7, 11) is 0. The van der Waals surface area contributed by atoms with E-state index in [4.69, 9.17) is 4.74 Å². The van der Waals surface area contributed by atoms with Crippen molar-refractivity contribution in [2.24, 2.45) is 0 Å². The van der Waals surface area contributed by atoms with Gasteiger partial charge < -0.3 is 15.4 Å². The summed E-state index contributed by atoms with van der Waals surface area (Å²) in [5.41, 5.74) is 3.08. The lowest BCUT2D eigenvalue weighted by atomic mass is 9.98. The molecule has 0 radical (unpaired) electrons. The number of anilines is 1. The first kappa shape index (κ1) is 16.5. The maximum atomic E-state index is 11.9. The molecule has 0 saturated heterocycles. The minimum Gasteiger partial charge on any atom is -0.382 e. The van der Waals surface area contributed by atoms with Crippen LogP contribution >= 0.6 is 0 Å². The number of amides is 2. The molecule has 2 rings (SSSR count). The van der Waals surface area contributed by atoms with E-state index in [0.29, 0.717) is 26.1 Å². The number of nitrogens with one attached hydrogen (secondary N) is 2. The quantitative estimate of drug-likeness (QED) is 0.761. The monoisotopic (exact) mass is 304 g/mol. The number of benzene rings is 1. The Balaban J connectivity index is 1.88. The van der Waals surface area contributed by atoms with Gasteiger partial charge in [0.25, 0.3) is 0 Å². The molecule has 2 N–H and O–H groups in total. The Bertz CT molecular complexity index is 543. The predicted molar refractivity (Wildman–Crippen MR) is 85.7 cm³/mol. The number of ether oxygens (including phenoxy) is 1. The molecule has 2 amide bonds. The van der Waals surface area contributed by atoms with E-state index < -0.39 is 0 Å². The highest BCUT2D eigenvalue weighted by Gasteiger charge is 2.17. The van der Waals surface area contributed by atoms with Gasteiger partial charge in [-0.05, 0) is 43.9 Å². The van der Waals surface area contributed by atoms with Crippen molar-refractivity contribution < 1.29 is 14.3 Å². The molecule has 1 aromatic rings. The van der Waals surface area contributed by atoms with Crippen molar-refractivity contribution in [3.63, 3.8) is 0 Å². The van der Waals surface area contributed by atoms with E-state index in [1.54, 1.807) is 0 Å². The molecule has 1 aliphatic rings. The minimum absolute atomic E-state index is 0.0393. The van der Waals surface area contributed by atoms with Gasteiger partial charge in [-0.1, -0.05) is 12.1 Å². The van der Waals surface area contributed by atoms with Crippen LogP contribution in [0.5, 0.6) is 0 Å². The molecule has 0 saturated carbocycles. The fourth-order valence-corrected chi connectivity index (χ4v) is 2.55. The fourth-order valence-electron chi connectivity index (χ4n) is 2.55. The lowest BCUT2D eigenvalue weighted by Crippen LogP contribution is -2.27. The average molecular weight is 304 g/mol. The second kappa shape index (κ2) is 7.94. The van der Waals surface area contributed by atoms with Crippen LogP contribution < -0.4 is 10.6 Å². The summed E-state index contributed by atoms with van der Waals surface area (Å²) >= 11 is 0. The van der Waals surface area contributed by atoms with Gasteiger partial charge in [-0.15, -0.1) is 0 Å². The van der Waals surface area contributed by atoms with Crippen LogP contribution in [0.15, 0.2) is 18.2 Å². The van der Waals surface area contributed by atoms with E-state index in [0.717, 1.165) is 29.7 Å². The number of rotatable bonds is 7. The molecular weight excluding hydrogens is 280 g/mol. The number of carbonyl (C=O) groups excluding carboxylic acids is 2. The molecule has 1 unspecified atom stereocenters. The Morgan fingerprint density at radius 3 is 3.00 bits per heavy atom. The van der Waals surface area contributed by atoms with E-state index >= 15 is 0 Å². The normalized spacial score (nSPS) is 14.9. The predicted octanol–water partition coefficient (Wildman–Crippen LogP) is 2.57. The van der Waals surface area contributed by atoms with Crippen LogP contribution in [0.1, 0.15) is 50.3 Å². The highest BCUT2D eigenvalue weighted by molar-refractivity contribution is 5.93. The maximum Gasteiger partial charge on any atom is 0.224 e. The third-order valence-corrected chi connectivity index (χ3v) is 3.80. The summed E-state index contributed by atoms with van der Waals surface area (Å²) < 4.78 is 5.23. The van der Waals surface area contributed by atoms with Crippen molar-refractivity contribution in [3.8, 4) is 0 Å². The molecule has 120 valence electrons. The molecule has 22 heavy (non-hydrogen) atoms. The zero-order valence-corrected chi connectivity index (χ0v) is 13.3. The second-order valence-corrected chi connectivity index (χ2v) is 5.55. The summed E-state index contributed by atoms with van der Waals surface area (Å²) in [5.74, 6) is 0.106. The van der Waals surface area contributed by atoms with E-state index in [2.05, 4.69) is 16.7 Å². The molecule has 0 fully saturated rings. The summed E-state index contributed by atoms with van der Waals surface area (Å²) in [6, 6.07) is 5.90. The summed E-state index contributed by atoms with van der Waals surface area (Å²) in [4.78, 5) is 23.3. The summed E-state index contributed by atoms with van der Waals surface area (Å²) in [6.45, 7) is 5.23. The molecule has 0 bridgehead atoms. The van der Waals surface area contributed by atoms with E-state index in [1.807, 2.05) is 26.0 Å². The van der Waals surface area contributed by atoms with E-state index in [1.165, 1.54) is 0 Å². The first-order chi connectivity index (χ1) is 10.6. The molecule has 0 aliphatic carbocycles. The Hall–Kier alpha value is -1.88. The zero-order valence-electron chi connectivity index (χ0n) is 13.3. The van der Waals surface area contributed by atoms with Crippen molar-refractivity contribution in [1.82, 2.24) is 5.32 Å². The highest BCUT2D eigenvalue weighted by Crippen LogP contribution is 2.26. The van der Waals surface area contributed by atoms with Crippen LogP contribution in [-0.2, 0) is 20.7 Å². The second-order valence-electron chi connectivity index (χ2n) is 5.55. The molecule has 1 heterocycles. The number of aryl methyl sites for hydroxylation is 1. The van der Waals surface area contributed by atoms with Gasteiger partial charge in [0.1, 0.15) is 0 Å². The summed E-state index contributed by atoms with van der Waals surface area (Å²) in [5, 5.41) is 5.87. The number of hydrogen-bond acceptors (Lipinski definition) is 3. The van der Waals surface area contributed by atoms with Crippen LogP contribution in [0.4, 0.5) is 5.69 Å². The number of carbonyl (C=O) groups is 2. The third kappa shape index (κ3) is 4.56. The first-order valence-electron chi connectivity index (χ1n) is 7.90. The third-order valence-electron chi connectivity index (χ3n) is 3.80. The molecule has 1 atom stereocenters. The standard InChI is InChI=1S/C17H24N2O3/c1-3-22-10-4-5-16(20)18-12(2)13-6-8-15-14(11-13)7-9-17(21)19-15/h6,8,11-12H,3-5,7,9-10H2,1-2H3,(H,18,20)(H,19,21). The van der Waals surface area contributed by atoms with Gasteiger partial charge >= 0.3 is 0 Å². The Morgan fingerprint density at radius 1 is 1.41 bits per heavy atom. The van der Waals surface area contributed by atoms with Gasteiger partial charge in [-0.2, -0.15) is 0 Å². The topological polar surface area (TPSA) is 67.4 Å². The van der Waals surface area contributed by atoms with Crippen molar-refractivity contribution in [3.05, 3.63) is 29.3 Å². The minimum atomic E-state index is -0.0393. The van der Waals surface area contributed by atoms with Crippen LogP contribution in [0.3, 0.4) is 0 Å². The molecular formula is C17H24N2O3. The SMILES string of the molecule is CCOCCCC(=O)NC(C)c1ccc2c(c1)CCC(=O)N2. The van der Waals surface area contributed by atoms with Crippen LogP contribution in [0, 0.1) is 0 Å². The van der Waals surface area contributed by atoms with Crippen molar-refractivity contribution in [2.45, 2.75) is 45.6 Å². The fraction of sp³-hybridized carbons (Fsp3) is 0.529. The lowest BCUT2D eigenvalue weighted by molar-refractivity contribution is -0.122. The Labute approximate surface area is 131 Å². The van der Waals surface area contributed by atoms with Gasteiger partial charge in [0, 0.05) is 31.7 Å². The molecule has 5 nitrogen and oxygen atoms in total. The van der Waals surface area contributed by atoms with Gasteiger partial charge in [-0.25, -0.2) is 0 Å². The van der Waals surface area contributed by atoms with Crippen molar-refractivity contribution in [1.29, 1.82) is 0 Å². The Kier molecular flexibility index (Phi) is 5.95. The van der Waals surface area contributed by atoms with Gasteiger partial charge in [-0.3, -0.25) is 9.59 Å². The first-order valence-corrected chi connectivity index (χ1v) is 7.90. The molecule has 1 aromatic carbocycles. The maximum absolute atomic E-state index is 11.9. The van der Waals surface area contributed by atoms with E-state index in [-0.39, 0.29) is 17.9 Å². The summed E-state index contributed by atoms with van der Waals surface area (Å²) in [6.07, 6.45) is 2.49. The van der Waals surface area contributed by atoms with E-state index in [9.17, 15) is 9.59 Å². The van der Waals surface area contributed by atoms with Crippen molar-refractivity contribution >= 4 is 17.5 Å². The Morgan fingerprint density at radius 2 is 2.23 bits per heavy atom. The van der Waals surface area contributed by atoms with Crippen LogP contribution in [0.2, 0.25) is 0 Å². The zero-order chi connectivity index (χ0) is 15.9. The van der Waals surface area contributed by atoms with Gasteiger partial charge in [0.2, 0.25) is 11.8 Å². The average Bonchev–Trinajstić information content (AvgIpc) is 2.51.